The number of ether oxygens (including phenoxy) is 2. The van der Waals surface area contributed by atoms with Gasteiger partial charge in [-0.25, -0.2) is 4.79 Å². The van der Waals surface area contributed by atoms with Crippen molar-refractivity contribution >= 4 is 23.1 Å². The van der Waals surface area contributed by atoms with Gasteiger partial charge >= 0.3 is 5.97 Å². The number of esters is 1. The van der Waals surface area contributed by atoms with Crippen LogP contribution in [0.3, 0.4) is 0 Å². The molecule has 1 aliphatic heterocycles. The van der Waals surface area contributed by atoms with E-state index in [9.17, 15) is 4.79 Å². The van der Waals surface area contributed by atoms with Crippen LogP contribution < -0.4 is 4.74 Å². The normalized spacial score (nSPS) is 16.5. The van der Waals surface area contributed by atoms with Gasteiger partial charge in [-0.15, -0.1) is 0 Å². The van der Waals surface area contributed by atoms with Crippen molar-refractivity contribution in [1.82, 2.24) is 0 Å². The lowest BCUT2D eigenvalue weighted by atomic mass is 9.99. The lowest BCUT2D eigenvalue weighted by molar-refractivity contribution is -0.134. The lowest BCUT2D eigenvalue weighted by Gasteiger charge is -2.20. The smallest absolute Gasteiger partial charge is 0.330 e. The first-order valence-electron chi connectivity index (χ1n) is 4.92. The van der Waals surface area contributed by atoms with Crippen LogP contribution in [0.4, 0.5) is 0 Å². The van der Waals surface area contributed by atoms with E-state index in [1.807, 2.05) is 12.1 Å². The van der Waals surface area contributed by atoms with Gasteiger partial charge in [0.1, 0.15) is 5.75 Å². The molecule has 3 nitrogen and oxygen atoms in total. The third kappa shape index (κ3) is 2.04. The first kappa shape index (κ1) is 11.0. The van der Waals surface area contributed by atoms with Gasteiger partial charge in [-0.1, -0.05) is 23.7 Å². The van der Waals surface area contributed by atoms with Gasteiger partial charge in [0.25, 0.3) is 0 Å². The first-order chi connectivity index (χ1) is 7.72. The molecule has 1 aliphatic rings. The fraction of sp³-hybridized carbons (Fsp3) is 0.250. The predicted octanol–water partition coefficient (Wildman–Crippen LogP) is 2.68. The number of hydrogen-bond donors (Lipinski definition) is 0. The third-order valence-corrected chi connectivity index (χ3v) is 2.72. The second kappa shape index (κ2) is 4.58. The Kier molecular flexibility index (Phi) is 3.15. The summed E-state index contributed by atoms with van der Waals surface area (Å²) in [5.41, 5.74) is 1.76. The summed E-state index contributed by atoms with van der Waals surface area (Å²) in [6.45, 7) is 0.527. The highest BCUT2D eigenvalue weighted by atomic mass is 35.5. The number of rotatable bonds is 1. The molecule has 0 aliphatic carbocycles. The van der Waals surface area contributed by atoms with Crippen LogP contribution in [0.2, 0.25) is 5.02 Å². The van der Waals surface area contributed by atoms with Crippen LogP contribution in [0.15, 0.2) is 24.3 Å². The summed E-state index contributed by atoms with van der Waals surface area (Å²) in [5, 5.41) is 0.563. The van der Waals surface area contributed by atoms with Crippen molar-refractivity contribution in [3.8, 4) is 5.75 Å². The third-order valence-electron chi connectivity index (χ3n) is 2.42. The number of hydrogen-bond acceptors (Lipinski definition) is 3. The molecule has 16 heavy (non-hydrogen) atoms. The molecule has 2 rings (SSSR count). The minimum Gasteiger partial charge on any atom is -0.491 e. The van der Waals surface area contributed by atoms with E-state index in [0.29, 0.717) is 23.8 Å². The highest BCUT2D eigenvalue weighted by Gasteiger charge is 2.18. The molecule has 0 spiro atoms. The molecule has 0 fully saturated rings. The average molecular weight is 239 g/mol. The number of para-hydroxylation sites is 1. The molecule has 84 valence electrons. The van der Waals surface area contributed by atoms with Gasteiger partial charge in [-0.3, -0.25) is 0 Å². The van der Waals surface area contributed by atoms with E-state index < -0.39 is 0 Å². The highest BCUT2D eigenvalue weighted by molar-refractivity contribution is 6.32. The Hall–Kier alpha value is -1.48. The van der Waals surface area contributed by atoms with E-state index in [1.165, 1.54) is 13.2 Å². The molecule has 0 saturated carbocycles. The molecule has 0 amide bonds. The Morgan fingerprint density at radius 3 is 3.12 bits per heavy atom. The van der Waals surface area contributed by atoms with Gasteiger partial charge in [0.2, 0.25) is 0 Å². The number of halogens is 1. The molecule has 1 heterocycles. The fourth-order valence-corrected chi connectivity index (χ4v) is 1.89. The van der Waals surface area contributed by atoms with Gasteiger partial charge in [0.05, 0.1) is 18.7 Å². The van der Waals surface area contributed by atoms with E-state index in [-0.39, 0.29) is 5.97 Å². The Morgan fingerprint density at radius 1 is 1.56 bits per heavy atom. The van der Waals surface area contributed by atoms with Gasteiger partial charge in [0.15, 0.2) is 0 Å². The van der Waals surface area contributed by atoms with E-state index >= 15 is 0 Å². The van der Waals surface area contributed by atoms with Gasteiger partial charge in [-0.05, 0) is 11.6 Å². The zero-order chi connectivity index (χ0) is 11.5. The molecule has 0 unspecified atom stereocenters. The molecule has 4 heteroatoms. The standard InChI is InChI=1S/C12H11ClO3/c1-15-11(14)7-8-5-6-16-12-9(8)3-2-4-10(12)13/h2-4,7H,5-6H2,1H3/b8-7+. The van der Waals surface area contributed by atoms with E-state index in [0.717, 1.165) is 11.1 Å². The van der Waals surface area contributed by atoms with Crippen molar-refractivity contribution in [2.75, 3.05) is 13.7 Å². The topological polar surface area (TPSA) is 35.5 Å². The summed E-state index contributed by atoms with van der Waals surface area (Å²) in [7, 11) is 1.36. The second-order valence-corrected chi connectivity index (χ2v) is 3.81. The Morgan fingerprint density at radius 2 is 2.38 bits per heavy atom. The van der Waals surface area contributed by atoms with Crippen molar-refractivity contribution in [3.05, 3.63) is 34.9 Å². The monoisotopic (exact) mass is 238 g/mol. The highest BCUT2D eigenvalue weighted by Crippen LogP contribution is 2.37. The number of benzene rings is 1. The molecule has 0 atom stereocenters. The SMILES string of the molecule is COC(=O)/C=C1\CCOc2c(Cl)cccc21. The molecular weight excluding hydrogens is 228 g/mol. The number of carbonyl (C=O) groups is 1. The van der Waals surface area contributed by atoms with Gasteiger partial charge in [-0.2, -0.15) is 0 Å². The largest absolute Gasteiger partial charge is 0.491 e. The van der Waals surface area contributed by atoms with Crippen molar-refractivity contribution in [1.29, 1.82) is 0 Å². The van der Waals surface area contributed by atoms with E-state index in [1.54, 1.807) is 6.07 Å². The molecule has 0 bridgehead atoms. The van der Waals surface area contributed by atoms with Crippen LogP contribution in [-0.4, -0.2) is 19.7 Å². The Balaban J connectivity index is 2.44. The van der Waals surface area contributed by atoms with Crippen LogP contribution in [0, 0.1) is 0 Å². The second-order valence-electron chi connectivity index (χ2n) is 3.41. The summed E-state index contributed by atoms with van der Waals surface area (Å²) in [4.78, 5) is 11.2. The van der Waals surface area contributed by atoms with Crippen LogP contribution >= 0.6 is 11.6 Å². The van der Waals surface area contributed by atoms with Crippen LogP contribution in [0.25, 0.3) is 5.57 Å². The zero-order valence-electron chi connectivity index (χ0n) is 8.83. The molecule has 0 aromatic heterocycles. The van der Waals surface area contributed by atoms with E-state index in [4.69, 9.17) is 16.3 Å². The summed E-state index contributed by atoms with van der Waals surface area (Å²) in [6, 6.07) is 5.48. The minimum atomic E-state index is -0.358. The van der Waals surface area contributed by atoms with E-state index in [2.05, 4.69) is 4.74 Å². The molecule has 1 aromatic carbocycles. The van der Waals surface area contributed by atoms with Crippen LogP contribution in [0.5, 0.6) is 5.75 Å². The molecule has 0 N–H and O–H groups in total. The predicted molar refractivity (Wildman–Crippen MR) is 61.6 cm³/mol. The number of carbonyl (C=O) groups excluding carboxylic acids is 1. The Labute approximate surface area is 98.6 Å². The van der Waals surface area contributed by atoms with Crippen LogP contribution in [0.1, 0.15) is 12.0 Å². The fourth-order valence-electron chi connectivity index (χ4n) is 1.66. The van der Waals surface area contributed by atoms with Crippen molar-refractivity contribution < 1.29 is 14.3 Å². The minimum absolute atomic E-state index is 0.358. The Bertz CT molecular complexity index is 452. The summed E-state index contributed by atoms with van der Waals surface area (Å²) < 4.78 is 10.1. The molecular formula is C12H11ClO3. The van der Waals surface area contributed by atoms with Gasteiger partial charge in [0, 0.05) is 18.1 Å². The average Bonchev–Trinajstić information content (AvgIpc) is 2.30. The van der Waals surface area contributed by atoms with Crippen LogP contribution in [-0.2, 0) is 9.53 Å². The van der Waals surface area contributed by atoms with Crippen molar-refractivity contribution in [2.45, 2.75) is 6.42 Å². The summed E-state index contributed by atoms with van der Waals surface area (Å²) >= 11 is 6.01. The number of methoxy groups -OCH3 is 1. The maximum absolute atomic E-state index is 11.2. The first-order valence-corrected chi connectivity index (χ1v) is 5.30. The van der Waals surface area contributed by atoms with Crippen molar-refractivity contribution in [3.63, 3.8) is 0 Å². The molecule has 0 saturated heterocycles. The summed E-state index contributed by atoms with van der Waals surface area (Å²) in [5.74, 6) is 0.286. The quantitative estimate of drug-likeness (QED) is 0.557. The van der Waals surface area contributed by atoms with Gasteiger partial charge < -0.3 is 9.47 Å². The molecule has 0 radical (unpaired) electrons. The lowest BCUT2D eigenvalue weighted by Crippen LogP contribution is -2.09. The number of fused-ring (bicyclic) bond motifs is 1. The maximum atomic E-state index is 11.2. The van der Waals surface area contributed by atoms with Crippen molar-refractivity contribution in [2.24, 2.45) is 0 Å². The summed E-state index contributed by atoms with van der Waals surface area (Å²) in [6.07, 6.45) is 2.17. The maximum Gasteiger partial charge on any atom is 0.330 e. The zero-order valence-corrected chi connectivity index (χ0v) is 9.58. The molecule has 1 aromatic rings.